The number of rotatable bonds is 5. The van der Waals surface area contributed by atoms with Gasteiger partial charge in [-0.1, -0.05) is 12.1 Å². The lowest BCUT2D eigenvalue weighted by molar-refractivity contribution is 0.242. The molecule has 1 aromatic rings. The third-order valence-corrected chi connectivity index (χ3v) is 5.42. The number of nitrogens with one attached hydrogen (secondary N) is 1. The lowest BCUT2D eigenvalue weighted by Gasteiger charge is -2.24. The van der Waals surface area contributed by atoms with E-state index in [2.05, 4.69) is 5.32 Å². The molecule has 1 saturated heterocycles. The molecule has 0 saturated carbocycles. The van der Waals surface area contributed by atoms with Crippen molar-refractivity contribution in [1.29, 1.82) is 0 Å². The summed E-state index contributed by atoms with van der Waals surface area (Å²) in [5.41, 5.74) is 0.831. The molecule has 2 rings (SSSR count). The summed E-state index contributed by atoms with van der Waals surface area (Å²) in [6.07, 6.45) is 0.853. The second-order valence-corrected chi connectivity index (χ2v) is 8.25. The van der Waals surface area contributed by atoms with E-state index in [9.17, 15) is 8.42 Å². The molecule has 0 aromatic heterocycles. The smallest absolute Gasteiger partial charge is 0.152 e. The van der Waals surface area contributed by atoms with Crippen LogP contribution in [0.3, 0.4) is 0 Å². The normalized spacial score (nSPS) is 25.0. The van der Waals surface area contributed by atoms with Gasteiger partial charge in [-0.05, 0) is 44.9 Å². The Morgan fingerprint density at radius 1 is 1.30 bits per heavy atom. The van der Waals surface area contributed by atoms with Gasteiger partial charge >= 0.3 is 0 Å². The van der Waals surface area contributed by atoms with Crippen LogP contribution in [0, 0.1) is 0 Å². The van der Waals surface area contributed by atoms with E-state index in [4.69, 9.17) is 4.74 Å². The molecule has 20 heavy (non-hydrogen) atoms. The maximum Gasteiger partial charge on any atom is 0.152 e. The first-order valence-corrected chi connectivity index (χ1v) is 8.81. The quantitative estimate of drug-likeness (QED) is 0.904. The zero-order chi connectivity index (χ0) is 14.8. The van der Waals surface area contributed by atoms with Crippen molar-refractivity contribution < 1.29 is 13.2 Å². The average molecular weight is 297 g/mol. The first-order valence-electron chi connectivity index (χ1n) is 6.99. The van der Waals surface area contributed by atoms with Crippen LogP contribution >= 0.6 is 0 Å². The molecule has 1 fully saturated rings. The summed E-state index contributed by atoms with van der Waals surface area (Å²) in [6, 6.07) is 7.92. The van der Waals surface area contributed by atoms with E-state index in [1.165, 1.54) is 0 Å². The van der Waals surface area contributed by atoms with Gasteiger partial charge in [-0.3, -0.25) is 0 Å². The van der Waals surface area contributed by atoms with Crippen molar-refractivity contribution in [1.82, 2.24) is 5.32 Å². The molecular formula is C15H23NO3S. The molecule has 1 atom stereocenters. The first-order chi connectivity index (χ1) is 9.28. The Kier molecular flexibility index (Phi) is 4.39. The Morgan fingerprint density at radius 3 is 2.45 bits per heavy atom. The predicted octanol–water partition coefficient (Wildman–Crippen LogP) is 2.14. The molecule has 1 aliphatic rings. The molecule has 1 aliphatic heterocycles. The monoisotopic (exact) mass is 297 g/mol. The van der Waals surface area contributed by atoms with Gasteiger partial charge in [0.15, 0.2) is 9.84 Å². The Morgan fingerprint density at radius 2 is 1.95 bits per heavy atom. The topological polar surface area (TPSA) is 55.4 Å². The minimum Gasteiger partial charge on any atom is -0.491 e. The third kappa shape index (κ3) is 4.21. The minimum absolute atomic E-state index is 0.168. The fourth-order valence-corrected chi connectivity index (χ4v) is 4.55. The van der Waals surface area contributed by atoms with Gasteiger partial charge in [0.05, 0.1) is 17.6 Å². The maximum absolute atomic E-state index is 11.5. The summed E-state index contributed by atoms with van der Waals surface area (Å²) >= 11 is 0. The van der Waals surface area contributed by atoms with Gasteiger partial charge in [-0.2, -0.15) is 0 Å². The number of hydrogen-bond donors (Lipinski definition) is 1. The molecule has 1 heterocycles. The molecular weight excluding hydrogens is 274 g/mol. The Balaban J connectivity index is 1.91. The van der Waals surface area contributed by atoms with Gasteiger partial charge in [-0.15, -0.1) is 0 Å². The minimum atomic E-state index is -2.86. The van der Waals surface area contributed by atoms with Gasteiger partial charge in [0.1, 0.15) is 5.75 Å². The van der Waals surface area contributed by atoms with Gasteiger partial charge in [0, 0.05) is 12.1 Å². The highest BCUT2D eigenvalue weighted by Gasteiger charge is 2.37. The van der Waals surface area contributed by atoms with Gasteiger partial charge in [0.25, 0.3) is 0 Å². The van der Waals surface area contributed by atoms with Crippen LogP contribution in [-0.2, 0) is 16.4 Å². The summed E-state index contributed by atoms with van der Waals surface area (Å²) in [6.45, 7) is 6.65. The highest BCUT2D eigenvalue weighted by atomic mass is 32.2. The second kappa shape index (κ2) is 5.74. The molecule has 0 radical (unpaired) electrons. The predicted molar refractivity (Wildman–Crippen MR) is 80.7 cm³/mol. The molecule has 1 N–H and O–H groups in total. The number of ether oxygens (including phenoxy) is 1. The van der Waals surface area contributed by atoms with Crippen LogP contribution in [0.2, 0.25) is 0 Å². The van der Waals surface area contributed by atoms with Crippen molar-refractivity contribution in [3.05, 3.63) is 29.8 Å². The van der Waals surface area contributed by atoms with Crippen LogP contribution in [-0.4, -0.2) is 31.6 Å². The van der Waals surface area contributed by atoms with Crippen molar-refractivity contribution in [2.45, 2.75) is 45.4 Å². The molecule has 4 nitrogen and oxygen atoms in total. The van der Waals surface area contributed by atoms with E-state index in [1.54, 1.807) is 0 Å². The summed E-state index contributed by atoms with van der Waals surface area (Å²) in [4.78, 5) is 0. The summed E-state index contributed by atoms with van der Waals surface area (Å²) < 4.78 is 28.7. The molecule has 0 bridgehead atoms. The van der Waals surface area contributed by atoms with E-state index in [0.29, 0.717) is 13.0 Å². The van der Waals surface area contributed by atoms with Crippen molar-refractivity contribution in [2.75, 3.05) is 11.5 Å². The van der Waals surface area contributed by atoms with Gasteiger partial charge in [-0.25, -0.2) is 8.42 Å². The SMILES string of the molecule is CC(C)Oc1ccc(CNC2(C)CCS(=O)(=O)C2)cc1. The van der Waals surface area contributed by atoms with Gasteiger partial charge in [0.2, 0.25) is 0 Å². The Labute approximate surface area is 121 Å². The average Bonchev–Trinajstić information content (AvgIpc) is 2.63. The van der Waals surface area contributed by atoms with Crippen LogP contribution in [0.5, 0.6) is 5.75 Å². The van der Waals surface area contributed by atoms with Crippen molar-refractivity contribution in [3.63, 3.8) is 0 Å². The standard InChI is InChI=1S/C15H23NO3S/c1-12(2)19-14-6-4-13(5-7-14)10-16-15(3)8-9-20(17,18)11-15/h4-7,12,16H,8-11H2,1-3H3. The van der Waals surface area contributed by atoms with Crippen LogP contribution in [0.1, 0.15) is 32.8 Å². The largest absolute Gasteiger partial charge is 0.491 e. The Hall–Kier alpha value is -1.07. The first kappa shape index (κ1) is 15.3. The third-order valence-electron chi connectivity index (χ3n) is 3.52. The van der Waals surface area contributed by atoms with E-state index < -0.39 is 9.84 Å². The fourth-order valence-electron chi connectivity index (χ4n) is 2.42. The molecule has 0 amide bonds. The summed E-state index contributed by atoms with van der Waals surface area (Å²) in [5, 5.41) is 3.37. The lowest BCUT2D eigenvalue weighted by Crippen LogP contribution is -2.42. The van der Waals surface area contributed by atoms with Crippen LogP contribution < -0.4 is 10.1 Å². The van der Waals surface area contributed by atoms with E-state index in [-0.39, 0.29) is 23.1 Å². The van der Waals surface area contributed by atoms with Gasteiger partial charge < -0.3 is 10.1 Å². The molecule has 1 aromatic carbocycles. The summed E-state index contributed by atoms with van der Waals surface area (Å²) in [7, 11) is -2.86. The fraction of sp³-hybridized carbons (Fsp3) is 0.600. The van der Waals surface area contributed by atoms with E-state index >= 15 is 0 Å². The molecule has 0 aliphatic carbocycles. The lowest BCUT2D eigenvalue weighted by atomic mass is 10.0. The number of hydrogen-bond acceptors (Lipinski definition) is 4. The highest BCUT2D eigenvalue weighted by Crippen LogP contribution is 2.23. The zero-order valence-corrected chi connectivity index (χ0v) is 13.2. The Bertz CT molecular complexity index is 551. The maximum atomic E-state index is 11.5. The zero-order valence-electron chi connectivity index (χ0n) is 12.3. The summed E-state index contributed by atoms with van der Waals surface area (Å²) in [5.74, 6) is 1.38. The molecule has 0 spiro atoms. The molecule has 5 heteroatoms. The van der Waals surface area contributed by atoms with E-state index in [1.807, 2.05) is 45.0 Å². The number of sulfone groups is 1. The van der Waals surface area contributed by atoms with Crippen molar-refractivity contribution in [3.8, 4) is 5.75 Å². The highest BCUT2D eigenvalue weighted by molar-refractivity contribution is 7.91. The van der Waals surface area contributed by atoms with Crippen LogP contribution in [0.4, 0.5) is 0 Å². The van der Waals surface area contributed by atoms with Crippen LogP contribution in [0.15, 0.2) is 24.3 Å². The van der Waals surface area contributed by atoms with E-state index in [0.717, 1.165) is 11.3 Å². The number of benzene rings is 1. The second-order valence-electron chi connectivity index (χ2n) is 6.07. The van der Waals surface area contributed by atoms with Crippen LogP contribution in [0.25, 0.3) is 0 Å². The molecule has 112 valence electrons. The van der Waals surface area contributed by atoms with Crippen molar-refractivity contribution >= 4 is 9.84 Å². The van der Waals surface area contributed by atoms with Crippen molar-refractivity contribution in [2.24, 2.45) is 0 Å². The molecule has 1 unspecified atom stereocenters.